The van der Waals surface area contributed by atoms with E-state index in [1.54, 1.807) is 4.90 Å². The summed E-state index contributed by atoms with van der Waals surface area (Å²) in [5, 5.41) is 0. The molecule has 2 fully saturated rings. The zero-order valence-corrected chi connectivity index (χ0v) is 10.4. The van der Waals surface area contributed by atoms with Gasteiger partial charge < -0.3 is 4.90 Å². The molecule has 6 heteroatoms. The van der Waals surface area contributed by atoms with Gasteiger partial charge in [-0.25, -0.2) is 0 Å². The highest BCUT2D eigenvalue weighted by Gasteiger charge is 2.48. The first kappa shape index (κ1) is 12.4. The highest BCUT2D eigenvalue weighted by Crippen LogP contribution is 2.32. The summed E-state index contributed by atoms with van der Waals surface area (Å²) < 4.78 is 0. The Morgan fingerprint density at radius 2 is 2.00 bits per heavy atom. The van der Waals surface area contributed by atoms with E-state index in [1.165, 1.54) is 11.9 Å². The van der Waals surface area contributed by atoms with Gasteiger partial charge in [-0.1, -0.05) is 0 Å². The number of halogens is 1. The van der Waals surface area contributed by atoms with Crippen molar-refractivity contribution >= 4 is 29.3 Å². The second kappa shape index (κ2) is 4.64. The molecule has 0 aromatic rings. The molecule has 0 aromatic carbocycles. The van der Waals surface area contributed by atoms with Crippen LogP contribution in [-0.4, -0.2) is 53.5 Å². The largest absolute Gasteiger partial charge is 0.342 e. The summed E-state index contributed by atoms with van der Waals surface area (Å²) >= 11 is 5.53. The van der Waals surface area contributed by atoms with E-state index in [9.17, 15) is 14.4 Å². The van der Waals surface area contributed by atoms with Crippen molar-refractivity contribution in [2.75, 3.05) is 26.0 Å². The lowest BCUT2D eigenvalue weighted by Gasteiger charge is -2.32. The fraction of sp³-hybridized carbons (Fsp3) is 0.727. The van der Waals surface area contributed by atoms with Crippen molar-refractivity contribution in [3.63, 3.8) is 0 Å². The highest BCUT2D eigenvalue weighted by molar-refractivity contribution is 6.18. The maximum atomic E-state index is 11.8. The summed E-state index contributed by atoms with van der Waals surface area (Å²) in [7, 11) is 1.51. The third-order valence-corrected chi connectivity index (χ3v) is 3.76. The molecule has 0 aromatic heterocycles. The average Bonchev–Trinajstić information content (AvgIpc) is 2.55. The average molecular weight is 259 g/mol. The van der Waals surface area contributed by atoms with Gasteiger partial charge in [0.05, 0.1) is 11.8 Å². The molecule has 5 nitrogen and oxygen atoms in total. The number of nitrogens with zero attached hydrogens (tertiary/aromatic N) is 2. The summed E-state index contributed by atoms with van der Waals surface area (Å²) in [5.41, 5.74) is 0. The monoisotopic (exact) mass is 258 g/mol. The molecular weight excluding hydrogens is 244 g/mol. The zero-order valence-electron chi connectivity index (χ0n) is 9.69. The first-order chi connectivity index (χ1) is 8.06. The van der Waals surface area contributed by atoms with E-state index < -0.39 is 0 Å². The smallest absolute Gasteiger partial charge is 0.234 e. The first-order valence-corrected chi connectivity index (χ1v) is 6.25. The van der Waals surface area contributed by atoms with Crippen LogP contribution in [0.3, 0.4) is 0 Å². The van der Waals surface area contributed by atoms with Crippen LogP contribution in [0, 0.1) is 11.8 Å². The molecule has 0 aliphatic carbocycles. The van der Waals surface area contributed by atoms with Crippen LogP contribution >= 0.6 is 11.6 Å². The maximum Gasteiger partial charge on any atom is 0.234 e. The second-order valence-corrected chi connectivity index (χ2v) is 4.89. The molecule has 0 spiro atoms. The Morgan fingerprint density at radius 1 is 1.35 bits per heavy atom. The van der Waals surface area contributed by atoms with Crippen molar-refractivity contribution in [1.82, 2.24) is 9.80 Å². The van der Waals surface area contributed by atoms with Crippen LogP contribution in [0.15, 0.2) is 0 Å². The van der Waals surface area contributed by atoms with Crippen molar-refractivity contribution in [3.05, 3.63) is 0 Å². The van der Waals surface area contributed by atoms with Crippen LogP contribution in [0.4, 0.5) is 0 Å². The van der Waals surface area contributed by atoms with Crippen molar-refractivity contribution in [3.8, 4) is 0 Å². The quantitative estimate of drug-likeness (QED) is 0.521. The molecule has 2 atom stereocenters. The molecule has 2 aliphatic heterocycles. The topological polar surface area (TPSA) is 57.7 Å². The molecule has 2 unspecified atom stereocenters. The van der Waals surface area contributed by atoms with Crippen molar-refractivity contribution in [2.24, 2.45) is 11.8 Å². The summed E-state index contributed by atoms with van der Waals surface area (Å²) in [6, 6.07) is 0. The number of hydrogen-bond donors (Lipinski definition) is 0. The molecule has 0 bridgehead atoms. The van der Waals surface area contributed by atoms with Crippen LogP contribution in [0.5, 0.6) is 0 Å². The van der Waals surface area contributed by atoms with Gasteiger partial charge in [-0.2, -0.15) is 0 Å². The number of piperidine rings is 1. The molecule has 0 saturated carbocycles. The van der Waals surface area contributed by atoms with Crippen LogP contribution in [0.2, 0.25) is 0 Å². The van der Waals surface area contributed by atoms with Crippen molar-refractivity contribution < 1.29 is 14.4 Å². The number of alkyl halides is 1. The van der Waals surface area contributed by atoms with Gasteiger partial charge in [0, 0.05) is 32.4 Å². The van der Waals surface area contributed by atoms with Gasteiger partial charge in [0.15, 0.2) is 0 Å². The molecule has 2 heterocycles. The van der Waals surface area contributed by atoms with Gasteiger partial charge in [0.2, 0.25) is 17.7 Å². The van der Waals surface area contributed by atoms with E-state index in [1.807, 2.05) is 0 Å². The summed E-state index contributed by atoms with van der Waals surface area (Å²) in [5.74, 6) is -0.593. The predicted octanol–water partition coefficient (Wildman–Crippen LogP) is 0.0786. The van der Waals surface area contributed by atoms with E-state index in [0.29, 0.717) is 19.5 Å². The van der Waals surface area contributed by atoms with Gasteiger partial charge >= 0.3 is 0 Å². The van der Waals surface area contributed by atoms with E-state index >= 15 is 0 Å². The van der Waals surface area contributed by atoms with E-state index in [-0.39, 0.29) is 41.9 Å². The standard InChI is InChI=1S/C11H15ClN2O3/c1-13-10(16)7-3-5-14(9(15)2-4-12)6-8(7)11(13)17/h7-8H,2-6H2,1H3. The van der Waals surface area contributed by atoms with Crippen LogP contribution in [0.1, 0.15) is 12.8 Å². The Balaban J connectivity index is 2.07. The number of carbonyl (C=O) groups excluding carboxylic acids is 3. The lowest BCUT2D eigenvalue weighted by Crippen LogP contribution is -2.45. The summed E-state index contributed by atoms with van der Waals surface area (Å²) in [6.07, 6.45) is 0.866. The van der Waals surface area contributed by atoms with Crippen LogP contribution < -0.4 is 0 Å². The van der Waals surface area contributed by atoms with Gasteiger partial charge in [-0.15, -0.1) is 11.6 Å². The minimum atomic E-state index is -0.347. The molecule has 3 amide bonds. The number of imide groups is 1. The van der Waals surface area contributed by atoms with Crippen LogP contribution in [-0.2, 0) is 14.4 Å². The number of carbonyl (C=O) groups is 3. The highest BCUT2D eigenvalue weighted by atomic mass is 35.5. The number of rotatable bonds is 2. The number of fused-ring (bicyclic) bond motifs is 1. The third-order valence-electron chi connectivity index (χ3n) is 3.57. The minimum absolute atomic E-state index is 0.0340. The van der Waals surface area contributed by atoms with Gasteiger partial charge in [-0.3, -0.25) is 19.3 Å². The second-order valence-electron chi connectivity index (χ2n) is 4.52. The van der Waals surface area contributed by atoms with Crippen molar-refractivity contribution in [1.29, 1.82) is 0 Å². The molecule has 2 saturated heterocycles. The SMILES string of the molecule is CN1C(=O)C2CCN(C(=O)CCCl)CC2C1=O. The number of amides is 3. The Kier molecular flexibility index (Phi) is 3.38. The zero-order chi connectivity index (χ0) is 12.6. The van der Waals surface area contributed by atoms with Gasteiger partial charge in [0.1, 0.15) is 0 Å². The van der Waals surface area contributed by atoms with Crippen molar-refractivity contribution in [2.45, 2.75) is 12.8 Å². The number of hydrogen-bond acceptors (Lipinski definition) is 3. The molecule has 0 N–H and O–H groups in total. The fourth-order valence-electron chi connectivity index (χ4n) is 2.57. The van der Waals surface area contributed by atoms with E-state index in [4.69, 9.17) is 11.6 Å². The normalized spacial score (nSPS) is 28.6. The molecule has 2 aliphatic rings. The van der Waals surface area contributed by atoms with Crippen LogP contribution in [0.25, 0.3) is 0 Å². The Bertz CT molecular complexity index is 372. The molecule has 0 radical (unpaired) electrons. The molecule has 2 rings (SSSR count). The molecule has 17 heavy (non-hydrogen) atoms. The van der Waals surface area contributed by atoms with E-state index in [0.717, 1.165) is 0 Å². The Hall–Kier alpha value is -1.10. The minimum Gasteiger partial charge on any atom is -0.342 e. The number of likely N-dealkylation sites (tertiary alicyclic amines) is 2. The summed E-state index contributed by atoms with van der Waals surface area (Å²) in [4.78, 5) is 38.1. The lowest BCUT2D eigenvalue weighted by molar-refractivity contribution is -0.138. The van der Waals surface area contributed by atoms with Gasteiger partial charge in [0.25, 0.3) is 0 Å². The van der Waals surface area contributed by atoms with Gasteiger partial charge in [-0.05, 0) is 6.42 Å². The molecular formula is C11H15ClN2O3. The summed E-state index contributed by atoms with van der Waals surface area (Å²) in [6.45, 7) is 0.902. The maximum absolute atomic E-state index is 11.8. The first-order valence-electron chi connectivity index (χ1n) is 5.71. The van der Waals surface area contributed by atoms with E-state index in [2.05, 4.69) is 0 Å². The Labute approximate surface area is 105 Å². The Morgan fingerprint density at radius 3 is 2.65 bits per heavy atom. The molecule has 94 valence electrons. The third kappa shape index (κ3) is 2.04. The predicted molar refractivity (Wildman–Crippen MR) is 61.3 cm³/mol. The lowest BCUT2D eigenvalue weighted by atomic mass is 9.87. The fourth-order valence-corrected chi connectivity index (χ4v) is 2.73.